The summed E-state index contributed by atoms with van der Waals surface area (Å²) in [6.07, 6.45) is 63.0. The van der Waals surface area contributed by atoms with Crippen LogP contribution in [-0.2, 0) is 28.6 Å². The van der Waals surface area contributed by atoms with Crippen molar-refractivity contribution < 1.29 is 28.6 Å². The van der Waals surface area contributed by atoms with Gasteiger partial charge in [-0.25, -0.2) is 0 Å². The molecular weight excluding hydrogens is 805 g/mol. The van der Waals surface area contributed by atoms with Crippen LogP contribution < -0.4 is 0 Å². The summed E-state index contributed by atoms with van der Waals surface area (Å²) in [6, 6.07) is 0. The number of carbonyl (C=O) groups excluding carboxylic acids is 3. The molecule has 0 fully saturated rings. The van der Waals surface area contributed by atoms with E-state index in [-0.39, 0.29) is 31.1 Å². The highest BCUT2D eigenvalue weighted by atomic mass is 16.6. The van der Waals surface area contributed by atoms with Crippen LogP contribution in [0.2, 0.25) is 0 Å². The van der Waals surface area contributed by atoms with Crippen molar-refractivity contribution >= 4 is 17.9 Å². The maximum Gasteiger partial charge on any atom is 0.306 e. The highest BCUT2D eigenvalue weighted by molar-refractivity contribution is 5.71. The van der Waals surface area contributed by atoms with E-state index in [0.717, 1.165) is 57.8 Å². The number of unbranched alkanes of at least 4 members (excludes halogenated alkanes) is 38. The summed E-state index contributed by atoms with van der Waals surface area (Å²) >= 11 is 0. The molecule has 0 aliphatic rings. The van der Waals surface area contributed by atoms with Gasteiger partial charge in [0.05, 0.1) is 0 Å². The van der Waals surface area contributed by atoms with Crippen molar-refractivity contribution in [2.75, 3.05) is 13.2 Å². The molecule has 0 aromatic rings. The Morgan fingerprint density at radius 1 is 0.292 bits per heavy atom. The second kappa shape index (κ2) is 54.5. The molecule has 0 saturated carbocycles. The summed E-state index contributed by atoms with van der Waals surface area (Å²) in [4.78, 5) is 38.1. The largest absolute Gasteiger partial charge is 0.462 e. The normalized spacial score (nSPS) is 12.1. The summed E-state index contributed by atoms with van der Waals surface area (Å²) in [5.74, 6) is -0.859. The number of ether oxygens (including phenoxy) is 3. The van der Waals surface area contributed by atoms with Crippen LogP contribution in [0.1, 0.15) is 316 Å². The molecule has 0 aliphatic carbocycles. The van der Waals surface area contributed by atoms with E-state index in [4.69, 9.17) is 14.2 Å². The molecule has 65 heavy (non-hydrogen) atoms. The molecule has 382 valence electrons. The fourth-order valence-corrected chi connectivity index (χ4v) is 8.55. The summed E-state index contributed by atoms with van der Waals surface area (Å²) in [5.41, 5.74) is 0. The number of carbonyl (C=O) groups is 3. The number of hydrogen-bond donors (Lipinski definition) is 0. The molecule has 0 N–H and O–H groups in total. The molecule has 6 heteroatoms. The van der Waals surface area contributed by atoms with Crippen molar-refractivity contribution in [3.63, 3.8) is 0 Å². The minimum absolute atomic E-state index is 0.0698. The average molecular weight is 916 g/mol. The first kappa shape index (κ1) is 62.9. The first-order chi connectivity index (χ1) is 32.0. The van der Waals surface area contributed by atoms with Gasteiger partial charge in [-0.05, 0) is 70.6 Å². The lowest BCUT2D eigenvalue weighted by Crippen LogP contribution is -2.30. The minimum atomic E-state index is -0.771. The summed E-state index contributed by atoms with van der Waals surface area (Å²) in [6.45, 7) is 6.66. The van der Waals surface area contributed by atoms with Crippen molar-refractivity contribution in [3.8, 4) is 0 Å². The van der Waals surface area contributed by atoms with Gasteiger partial charge in [-0.15, -0.1) is 0 Å². The first-order valence-electron chi connectivity index (χ1n) is 28.8. The van der Waals surface area contributed by atoms with Crippen molar-refractivity contribution in [2.45, 2.75) is 322 Å². The minimum Gasteiger partial charge on any atom is -0.462 e. The van der Waals surface area contributed by atoms with E-state index >= 15 is 0 Å². The molecule has 1 atom stereocenters. The van der Waals surface area contributed by atoms with Gasteiger partial charge < -0.3 is 14.2 Å². The summed E-state index contributed by atoms with van der Waals surface area (Å²) in [7, 11) is 0. The predicted molar refractivity (Wildman–Crippen MR) is 279 cm³/mol. The second-order valence-electron chi connectivity index (χ2n) is 19.6. The highest BCUT2D eigenvalue weighted by Gasteiger charge is 2.19. The van der Waals surface area contributed by atoms with Crippen LogP contribution in [0.15, 0.2) is 24.3 Å². The molecule has 0 heterocycles. The van der Waals surface area contributed by atoms with Gasteiger partial charge in [0.15, 0.2) is 6.10 Å². The molecule has 0 aliphatic heterocycles. The smallest absolute Gasteiger partial charge is 0.306 e. The van der Waals surface area contributed by atoms with Gasteiger partial charge in [0.2, 0.25) is 0 Å². The summed E-state index contributed by atoms with van der Waals surface area (Å²) in [5, 5.41) is 0. The maximum atomic E-state index is 12.8. The predicted octanol–water partition coefficient (Wildman–Crippen LogP) is 19.1. The SMILES string of the molecule is CCCCCC/C=C/CCCCCCCCCC(=O)OC[C@H](COC(=O)CCCCCCCCCCCCCCCCCCC)OC(=O)CCCCCCCCC/C=C/CCCCCC. The lowest BCUT2D eigenvalue weighted by atomic mass is 10.0. The Balaban J connectivity index is 4.33. The van der Waals surface area contributed by atoms with Crippen LogP contribution in [0, 0.1) is 0 Å². The van der Waals surface area contributed by atoms with Gasteiger partial charge in [-0.3, -0.25) is 14.4 Å². The van der Waals surface area contributed by atoms with E-state index < -0.39 is 6.10 Å². The van der Waals surface area contributed by atoms with E-state index in [9.17, 15) is 14.4 Å². The van der Waals surface area contributed by atoms with E-state index in [1.807, 2.05) is 0 Å². The zero-order valence-electron chi connectivity index (χ0n) is 43.8. The number of allylic oxidation sites excluding steroid dienone is 4. The second-order valence-corrected chi connectivity index (χ2v) is 19.6. The Morgan fingerprint density at radius 2 is 0.508 bits per heavy atom. The van der Waals surface area contributed by atoms with Crippen LogP contribution in [0.25, 0.3) is 0 Å². The Hall–Kier alpha value is -2.11. The van der Waals surface area contributed by atoms with Crippen LogP contribution in [0.5, 0.6) is 0 Å². The molecule has 0 rings (SSSR count). The van der Waals surface area contributed by atoms with Crippen LogP contribution in [-0.4, -0.2) is 37.2 Å². The zero-order valence-corrected chi connectivity index (χ0v) is 43.8. The van der Waals surface area contributed by atoms with E-state index in [2.05, 4.69) is 45.1 Å². The zero-order chi connectivity index (χ0) is 47.2. The third-order valence-electron chi connectivity index (χ3n) is 12.9. The van der Waals surface area contributed by atoms with Gasteiger partial charge in [-0.1, -0.05) is 251 Å². The number of hydrogen-bond acceptors (Lipinski definition) is 6. The van der Waals surface area contributed by atoms with Crippen molar-refractivity contribution in [1.29, 1.82) is 0 Å². The molecule has 0 aromatic carbocycles. The quantitative estimate of drug-likeness (QED) is 0.0262. The lowest BCUT2D eigenvalue weighted by molar-refractivity contribution is -0.167. The van der Waals surface area contributed by atoms with Crippen molar-refractivity contribution in [2.24, 2.45) is 0 Å². The van der Waals surface area contributed by atoms with Gasteiger partial charge >= 0.3 is 17.9 Å². The van der Waals surface area contributed by atoms with Gasteiger partial charge in [0, 0.05) is 19.3 Å². The number of rotatable bonds is 53. The van der Waals surface area contributed by atoms with E-state index in [0.29, 0.717) is 19.3 Å². The topological polar surface area (TPSA) is 78.9 Å². The third kappa shape index (κ3) is 52.7. The average Bonchev–Trinajstić information content (AvgIpc) is 3.30. The molecule has 0 unspecified atom stereocenters. The highest BCUT2D eigenvalue weighted by Crippen LogP contribution is 2.17. The molecule has 0 saturated heterocycles. The van der Waals surface area contributed by atoms with Crippen LogP contribution in [0.4, 0.5) is 0 Å². The van der Waals surface area contributed by atoms with E-state index in [1.165, 1.54) is 218 Å². The molecule has 0 spiro atoms. The fraction of sp³-hybridized carbons (Fsp3) is 0.881. The van der Waals surface area contributed by atoms with E-state index in [1.54, 1.807) is 0 Å². The van der Waals surface area contributed by atoms with Crippen LogP contribution in [0.3, 0.4) is 0 Å². The fourth-order valence-electron chi connectivity index (χ4n) is 8.55. The van der Waals surface area contributed by atoms with Gasteiger partial charge in [0.1, 0.15) is 13.2 Å². The molecule has 0 amide bonds. The first-order valence-corrected chi connectivity index (χ1v) is 28.8. The van der Waals surface area contributed by atoms with Crippen molar-refractivity contribution in [1.82, 2.24) is 0 Å². The molecule has 0 radical (unpaired) electrons. The monoisotopic (exact) mass is 915 g/mol. The molecule has 0 bridgehead atoms. The lowest BCUT2D eigenvalue weighted by Gasteiger charge is -2.18. The molecule has 0 aromatic heterocycles. The Labute approximate surface area is 404 Å². The summed E-state index contributed by atoms with van der Waals surface area (Å²) < 4.78 is 16.9. The Morgan fingerprint density at radius 3 is 0.785 bits per heavy atom. The number of esters is 3. The van der Waals surface area contributed by atoms with Gasteiger partial charge in [0.25, 0.3) is 0 Å². The standard InChI is InChI=1S/C59H110O6/c1-4-7-10-13-16-19-22-25-28-29-32-34-37-40-43-46-49-52-58(61)64-55-56(65-59(62)53-50-47-44-41-38-35-31-27-24-21-18-15-12-9-6-3)54-63-57(60)51-48-45-42-39-36-33-30-26-23-20-17-14-11-8-5-2/h20-21,23-24,56H,4-19,22,25-55H2,1-3H3/b23-20+,24-21+/t56-/m1/s1. The molecule has 6 nitrogen and oxygen atoms in total. The van der Waals surface area contributed by atoms with Crippen molar-refractivity contribution in [3.05, 3.63) is 24.3 Å². The maximum absolute atomic E-state index is 12.8. The third-order valence-corrected chi connectivity index (χ3v) is 12.9. The molecular formula is C59H110O6. The van der Waals surface area contributed by atoms with Gasteiger partial charge in [-0.2, -0.15) is 0 Å². The Bertz CT molecular complexity index is 1050. The van der Waals surface area contributed by atoms with Crippen LogP contribution >= 0.6 is 0 Å². The Kier molecular flexibility index (Phi) is 52.7.